The van der Waals surface area contributed by atoms with Gasteiger partial charge in [-0.05, 0) is 34.1 Å². The molecule has 0 saturated heterocycles. The Morgan fingerprint density at radius 1 is 1.44 bits per heavy atom. The second-order valence-electron chi connectivity index (χ2n) is 3.54. The van der Waals surface area contributed by atoms with E-state index in [0.29, 0.717) is 11.5 Å². The van der Waals surface area contributed by atoms with Gasteiger partial charge in [0.1, 0.15) is 11.5 Å². The molecule has 2 amide bonds. The molecular weight excluding hydrogens is 302 g/mol. The van der Waals surface area contributed by atoms with Crippen LogP contribution in [-0.4, -0.2) is 16.8 Å². The standard InChI is InChI=1S/C11H10BrN3O3/c12-6-3-8(14-4-6)11(17)15-5-7-1-2-9(18-7)10(13)16/h1-4,14H,5H2,(H2,13,16)(H,15,17). The fourth-order valence-corrected chi connectivity index (χ4v) is 1.71. The lowest BCUT2D eigenvalue weighted by Crippen LogP contribution is -2.22. The van der Waals surface area contributed by atoms with Gasteiger partial charge in [-0.25, -0.2) is 0 Å². The van der Waals surface area contributed by atoms with Crippen molar-refractivity contribution in [1.82, 2.24) is 10.3 Å². The maximum atomic E-state index is 11.7. The van der Waals surface area contributed by atoms with Crippen LogP contribution in [0.2, 0.25) is 0 Å². The van der Waals surface area contributed by atoms with Crippen molar-refractivity contribution in [3.05, 3.63) is 46.1 Å². The number of aromatic amines is 1. The molecule has 0 aliphatic rings. The van der Waals surface area contributed by atoms with Crippen molar-refractivity contribution in [3.63, 3.8) is 0 Å². The summed E-state index contributed by atoms with van der Waals surface area (Å²) in [7, 11) is 0. The average Bonchev–Trinajstić information content (AvgIpc) is 2.94. The molecule has 0 aromatic carbocycles. The molecule has 0 aliphatic carbocycles. The lowest BCUT2D eigenvalue weighted by molar-refractivity contribution is 0.0943. The summed E-state index contributed by atoms with van der Waals surface area (Å²) in [6, 6.07) is 4.71. The molecule has 0 radical (unpaired) electrons. The van der Waals surface area contributed by atoms with E-state index in [0.717, 1.165) is 4.47 Å². The Morgan fingerprint density at radius 2 is 2.22 bits per heavy atom. The monoisotopic (exact) mass is 311 g/mol. The molecule has 18 heavy (non-hydrogen) atoms. The summed E-state index contributed by atoms with van der Waals surface area (Å²) in [6.45, 7) is 0.183. The number of carbonyl (C=O) groups is 2. The minimum Gasteiger partial charge on any atom is -0.454 e. The minimum atomic E-state index is -0.638. The smallest absolute Gasteiger partial charge is 0.284 e. The first kappa shape index (κ1) is 12.4. The molecule has 7 heteroatoms. The minimum absolute atomic E-state index is 0.0712. The van der Waals surface area contributed by atoms with E-state index < -0.39 is 5.91 Å². The van der Waals surface area contributed by atoms with Crippen molar-refractivity contribution in [1.29, 1.82) is 0 Å². The predicted octanol–water partition coefficient (Wildman–Crippen LogP) is 1.40. The first-order valence-electron chi connectivity index (χ1n) is 5.07. The maximum absolute atomic E-state index is 11.7. The Labute approximate surface area is 111 Å². The van der Waals surface area contributed by atoms with Crippen LogP contribution in [0.25, 0.3) is 0 Å². The Balaban J connectivity index is 1.95. The van der Waals surface area contributed by atoms with Crippen LogP contribution < -0.4 is 11.1 Å². The number of halogens is 1. The van der Waals surface area contributed by atoms with Crippen LogP contribution in [0.3, 0.4) is 0 Å². The number of aromatic nitrogens is 1. The first-order valence-corrected chi connectivity index (χ1v) is 5.86. The molecule has 2 rings (SSSR count). The second-order valence-corrected chi connectivity index (χ2v) is 4.46. The zero-order chi connectivity index (χ0) is 13.1. The third kappa shape index (κ3) is 2.80. The third-order valence-corrected chi connectivity index (χ3v) is 2.68. The molecule has 0 fully saturated rings. The molecular formula is C11H10BrN3O3. The number of amides is 2. The summed E-state index contributed by atoms with van der Waals surface area (Å²) in [5.41, 5.74) is 5.48. The number of carbonyl (C=O) groups excluding carboxylic acids is 2. The first-order chi connectivity index (χ1) is 8.56. The number of rotatable bonds is 4. The quantitative estimate of drug-likeness (QED) is 0.795. The highest BCUT2D eigenvalue weighted by molar-refractivity contribution is 9.10. The van der Waals surface area contributed by atoms with E-state index in [-0.39, 0.29) is 18.2 Å². The molecule has 4 N–H and O–H groups in total. The maximum Gasteiger partial charge on any atom is 0.284 e. The summed E-state index contributed by atoms with van der Waals surface area (Å²) < 4.78 is 5.92. The van der Waals surface area contributed by atoms with Crippen LogP contribution in [0.5, 0.6) is 0 Å². The van der Waals surface area contributed by atoms with Crippen molar-refractivity contribution in [2.75, 3.05) is 0 Å². The van der Waals surface area contributed by atoms with Gasteiger partial charge in [-0.2, -0.15) is 0 Å². The van der Waals surface area contributed by atoms with Crippen LogP contribution in [0.4, 0.5) is 0 Å². The Bertz CT molecular complexity index is 588. The van der Waals surface area contributed by atoms with Gasteiger partial charge in [0.15, 0.2) is 5.76 Å². The highest BCUT2D eigenvalue weighted by Gasteiger charge is 2.10. The molecule has 0 bridgehead atoms. The van der Waals surface area contributed by atoms with Crippen LogP contribution in [-0.2, 0) is 6.54 Å². The van der Waals surface area contributed by atoms with Crippen LogP contribution in [0.1, 0.15) is 26.8 Å². The summed E-state index contributed by atoms with van der Waals surface area (Å²) in [5, 5.41) is 2.64. The van der Waals surface area contributed by atoms with Gasteiger partial charge in [-0.3, -0.25) is 9.59 Å². The SMILES string of the molecule is NC(=O)c1ccc(CNC(=O)c2cc(Br)c[nH]2)o1. The molecule has 0 aliphatic heterocycles. The summed E-state index contributed by atoms with van der Waals surface area (Å²) in [6.07, 6.45) is 1.66. The Morgan fingerprint density at radius 3 is 2.78 bits per heavy atom. The van der Waals surface area contributed by atoms with Crippen molar-refractivity contribution in [3.8, 4) is 0 Å². The van der Waals surface area contributed by atoms with Gasteiger partial charge in [0.25, 0.3) is 11.8 Å². The van der Waals surface area contributed by atoms with E-state index in [1.165, 1.54) is 6.07 Å². The lowest BCUT2D eigenvalue weighted by Gasteiger charge is -2.00. The van der Waals surface area contributed by atoms with Crippen molar-refractivity contribution in [2.24, 2.45) is 5.73 Å². The molecule has 0 saturated carbocycles. The highest BCUT2D eigenvalue weighted by atomic mass is 79.9. The molecule has 94 valence electrons. The third-order valence-electron chi connectivity index (χ3n) is 2.22. The van der Waals surface area contributed by atoms with Crippen molar-refractivity contribution < 1.29 is 14.0 Å². The van der Waals surface area contributed by atoms with E-state index in [9.17, 15) is 9.59 Å². The number of hydrogen-bond acceptors (Lipinski definition) is 3. The van der Waals surface area contributed by atoms with E-state index in [1.54, 1.807) is 18.3 Å². The fourth-order valence-electron chi connectivity index (χ4n) is 1.37. The van der Waals surface area contributed by atoms with Gasteiger partial charge < -0.3 is 20.5 Å². The van der Waals surface area contributed by atoms with Crippen LogP contribution in [0, 0.1) is 0 Å². The predicted molar refractivity (Wildman–Crippen MR) is 66.9 cm³/mol. The summed E-state index contributed by atoms with van der Waals surface area (Å²) in [4.78, 5) is 25.3. The summed E-state index contributed by atoms with van der Waals surface area (Å²) in [5.74, 6) is -0.372. The zero-order valence-corrected chi connectivity index (χ0v) is 10.8. The normalized spacial score (nSPS) is 10.3. The highest BCUT2D eigenvalue weighted by Crippen LogP contribution is 2.11. The average molecular weight is 312 g/mol. The van der Waals surface area contributed by atoms with Crippen LogP contribution in [0.15, 0.2) is 33.3 Å². The molecule has 6 nitrogen and oxygen atoms in total. The lowest BCUT2D eigenvalue weighted by atomic mass is 10.4. The largest absolute Gasteiger partial charge is 0.454 e. The summed E-state index contributed by atoms with van der Waals surface area (Å²) >= 11 is 3.23. The van der Waals surface area contributed by atoms with Gasteiger partial charge in [-0.15, -0.1) is 0 Å². The fraction of sp³-hybridized carbons (Fsp3) is 0.0909. The number of furan rings is 1. The van der Waals surface area contributed by atoms with Crippen LogP contribution >= 0.6 is 15.9 Å². The van der Waals surface area contributed by atoms with Gasteiger partial charge in [0.05, 0.1) is 6.54 Å². The molecule has 0 atom stereocenters. The number of H-pyrrole nitrogens is 1. The molecule has 2 aromatic rings. The second kappa shape index (κ2) is 5.09. The van der Waals surface area contributed by atoms with Gasteiger partial charge >= 0.3 is 0 Å². The molecule has 0 spiro atoms. The van der Waals surface area contributed by atoms with E-state index >= 15 is 0 Å². The van der Waals surface area contributed by atoms with E-state index in [4.69, 9.17) is 10.2 Å². The number of nitrogens with one attached hydrogen (secondary N) is 2. The van der Waals surface area contributed by atoms with Gasteiger partial charge in [0.2, 0.25) is 0 Å². The van der Waals surface area contributed by atoms with Gasteiger partial charge in [-0.1, -0.05) is 0 Å². The van der Waals surface area contributed by atoms with Crippen molar-refractivity contribution in [2.45, 2.75) is 6.54 Å². The Kier molecular flexibility index (Phi) is 3.52. The Hall–Kier alpha value is -2.02. The van der Waals surface area contributed by atoms with E-state index in [1.807, 2.05) is 0 Å². The topological polar surface area (TPSA) is 101 Å². The van der Waals surface area contributed by atoms with Crippen molar-refractivity contribution >= 4 is 27.7 Å². The number of hydrogen-bond donors (Lipinski definition) is 3. The zero-order valence-electron chi connectivity index (χ0n) is 9.20. The molecule has 2 aromatic heterocycles. The number of nitrogens with two attached hydrogens (primary N) is 1. The number of primary amides is 1. The van der Waals surface area contributed by atoms with E-state index in [2.05, 4.69) is 26.2 Å². The molecule has 0 unspecified atom stereocenters. The van der Waals surface area contributed by atoms with Gasteiger partial charge in [0, 0.05) is 10.7 Å². The molecule has 2 heterocycles.